The zero-order valence-electron chi connectivity index (χ0n) is 23.4. The lowest BCUT2D eigenvalue weighted by Gasteiger charge is -2.21. The normalized spacial score (nSPS) is 11.2. The van der Waals surface area contributed by atoms with E-state index >= 15 is 0 Å². The summed E-state index contributed by atoms with van der Waals surface area (Å²) in [5, 5.41) is 21.7. The Bertz CT molecular complexity index is 732. The Kier molecular flexibility index (Phi) is 18.2. The second kappa shape index (κ2) is 20.3. The first-order valence-electron chi connectivity index (χ1n) is 14.9. The van der Waals surface area contributed by atoms with Gasteiger partial charge >= 0.3 is 5.97 Å². The highest BCUT2D eigenvalue weighted by Gasteiger charge is 2.28. The highest BCUT2D eigenvalue weighted by molar-refractivity contribution is 5.95. The lowest BCUT2D eigenvalue weighted by Crippen LogP contribution is -2.12. The molecule has 0 bridgehead atoms. The smallest absolute Gasteiger partial charge is 0.383 e. The molecule has 0 spiro atoms. The second-order valence-corrected chi connectivity index (χ2v) is 10.4. The molecule has 0 atom stereocenters. The number of phenolic OH excluding ortho intramolecular Hbond substituents is 2. The molecule has 0 amide bonds. The largest absolute Gasteiger partial charge is 0.504 e. The Morgan fingerprint density at radius 3 is 1.33 bits per heavy atom. The molecule has 0 aliphatic carbocycles. The van der Waals surface area contributed by atoms with Crippen molar-refractivity contribution >= 4 is 5.97 Å². The lowest BCUT2D eigenvalue weighted by atomic mass is 9.85. The highest BCUT2D eigenvalue weighted by atomic mass is 19.3. The maximum absolute atomic E-state index is 13.1. The first kappa shape index (κ1) is 32.2. The van der Waals surface area contributed by atoms with Crippen LogP contribution in [0.4, 0.5) is 4.53 Å². The van der Waals surface area contributed by atoms with E-state index in [-0.39, 0.29) is 11.3 Å². The van der Waals surface area contributed by atoms with Crippen molar-refractivity contribution in [3.63, 3.8) is 0 Å². The molecular formula is C31H53FO4. The molecular weight excluding hydrogens is 455 g/mol. The Morgan fingerprint density at radius 1 is 0.556 bits per heavy atom. The van der Waals surface area contributed by atoms with Crippen molar-refractivity contribution in [3.8, 4) is 11.5 Å². The maximum atomic E-state index is 13.1. The fourth-order valence-electron chi connectivity index (χ4n) is 5.23. The van der Waals surface area contributed by atoms with Crippen LogP contribution in [0.3, 0.4) is 0 Å². The number of aromatic hydroxyl groups is 2. The number of rotatable bonds is 22. The molecule has 208 valence electrons. The van der Waals surface area contributed by atoms with Crippen LogP contribution in [0, 0.1) is 0 Å². The average molecular weight is 509 g/mol. The minimum Gasteiger partial charge on any atom is -0.504 e. The number of benzene rings is 1. The van der Waals surface area contributed by atoms with Gasteiger partial charge in [0.25, 0.3) is 0 Å². The third kappa shape index (κ3) is 11.5. The van der Waals surface area contributed by atoms with E-state index in [4.69, 9.17) is 0 Å². The monoisotopic (exact) mass is 508 g/mol. The van der Waals surface area contributed by atoms with Crippen molar-refractivity contribution in [2.24, 2.45) is 0 Å². The Morgan fingerprint density at radius 2 is 0.917 bits per heavy atom. The van der Waals surface area contributed by atoms with Crippen LogP contribution in [0.5, 0.6) is 11.5 Å². The van der Waals surface area contributed by atoms with Crippen molar-refractivity contribution in [2.75, 3.05) is 0 Å². The summed E-state index contributed by atoms with van der Waals surface area (Å²) in [6.07, 6.45) is 22.2. The van der Waals surface area contributed by atoms with Gasteiger partial charge in [-0.3, -0.25) is 0 Å². The van der Waals surface area contributed by atoms with Crippen LogP contribution in [0.25, 0.3) is 0 Å². The molecule has 0 saturated carbocycles. The minimum absolute atomic E-state index is 0.184. The van der Waals surface area contributed by atoms with Crippen LogP contribution in [0.15, 0.2) is 0 Å². The molecule has 1 aromatic carbocycles. The molecule has 0 aliphatic heterocycles. The molecule has 1 rings (SSSR count). The summed E-state index contributed by atoms with van der Waals surface area (Å²) in [6.45, 7) is 6.59. The fourth-order valence-corrected chi connectivity index (χ4v) is 5.23. The van der Waals surface area contributed by atoms with Crippen LogP contribution < -0.4 is 0 Å². The summed E-state index contributed by atoms with van der Waals surface area (Å²) in [7, 11) is 0. The predicted molar refractivity (Wildman–Crippen MR) is 148 cm³/mol. The first-order valence-corrected chi connectivity index (χ1v) is 14.9. The van der Waals surface area contributed by atoms with E-state index in [0.717, 1.165) is 75.3 Å². The lowest BCUT2D eigenvalue weighted by molar-refractivity contribution is -0.0791. The Labute approximate surface area is 219 Å². The second-order valence-electron chi connectivity index (χ2n) is 10.4. The third-order valence-electron chi connectivity index (χ3n) is 7.39. The van der Waals surface area contributed by atoms with Gasteiger partial charge in [0.15, 0.2) is 11.5 Å². The van der Waals surface area contributed by atoms with Crippen LogP contribution >= 0.6 is 0 Å². The zero-order valence-corrected chi connectivity index (χ0v) is 23.4. The number of hydrogen-bond acceptors (Lipinski definition) is 4. The fraction of sp³-hybridized carbons (Fsp3) is 0.774. The van der Waals surface area contributed by atoms with Crippen LogP contribution in [0.1, 0.15) is 163 Å². The summed E-state index contributed by atoms with van der Waals surface area (Å²) >= 11 is 0. The van der Waals surface area contributed by atoms with Gasteiger partial charge in [-0.1, -0.05) is 117 Å². The van der Waals surface area contributed by atoms with Crippen LogP contribution in [-0.2, 0) is 24.2 Å². The van der Waals surface area contributed by atoms with Gasteiger partial charge in [-0.2, -0.15) is 0 Å². The molecule has 4 nitrogen and oxygen atoms in total. The van der Waals surface area contributed by atoms with Gasteiger partial charge in [-0.05, 0) is 49.7 Å². The summed E-state index contributed by atoms with van der Waals surface area (Å²) in [5.74, 6) is -2.00. The minimum atomic E-state index is -1.21. The molecule has 0 saturated heterocycles. The predicted octanol–water partition coefficient (Wildman–Crippen LogP) is 9.85. The molecule has 0 unspecified atom stereocenters. The topological polar surface area (TPSA) is 66.8 Å². The van der Waals surface area contributed by atoms with E-state index < -0.39 is 11.7 Å². The van der Waals surface area contributed by atoms with Crippen LogP contribution in [-0.4, -0.2) is 16.2 Å². The molecule has 0 heterocycles. The molecule has 36 heavy (non-hydrogen) atoms. The average Bonchev–Trinajstić information content (AvgIpc) is 2.88. The number of hydrogen-bond donors (Lipinski definition) is 2. The van der Waals surface area contributed by atoms with E-state index in [2.05, 4.69) is 25.7 Å². The molecule has 0 aliphatic rings. The number of unbranched alkanes of at least 4 members (excludes halogenated alkanes) is 15. The first-order chi connectivity index (χ1) is 17.5. The van der Waals surface area contributed by atoms with E-state index in [1.165, 1.54) is 57.8 Å². The van der Waals surface area contributed by atoms with Crippen molar-refractivity contribution < 1.29 is 24.5 Å². The summed E-state index contributed by atoms with van der Waals surface area (Å²) in [4.78, 5) is 15.9. The quantitative estimate of drug-likeness (QED) is 0.121. The van der Waals surface area contributed by atoms with Gasteiger partial charge in [0.2, 0.25) is 0 Å². The SMILES string of the molecule is CCCCCCCCc1c(O)c(O)c(C(=O)OF)c(CCCCCCCC)c1CCCCCCCC. The van der Waals surface area contributed by atoms with Crippen LogP contribution in [0.2, 0.25) is 0 Å². The van der Waals surface area contributed by atoms with E-state index in [1.54, 1.807) is 0 Å². The molecule has 2 N–H and O–H groups in total. The number of phenols is 2. The number of carbonyl (C=O) groups is 1. The molecule has 1 aromatic rings. The van der Waals surface area contributed by atoms with Gasteiger partial charge in [0.05, 0.1) is 0 Å². The van der Waals surface area contributed by atoms with Crippen molar-refractivity contribution in [3.05, 3.63) is 22.3 Å². The molecule has 0 aromatic heterocycles. The van der Waals surface area contributed by atoms with Gasteiger partial charge in [-0.15, -0.1) is 0 Å². The summed E-state index contributed by atoms with van der Waals surface area (Å²) in [5.41, 5.74) is 2.17. The Balaban J connectivity index is 3.17. The Hall–Kier alpha value is -1.78. The van der Waals surface area contributed by atoms with Crippen molar-refractivity contribution in [2.45, 2.75) is 156 Å². The highest BCUT2D eigenvalue weighted by Crippen LogP contribution is 2.41. The summed E-state index contributed by atoms with van der Waals surface area (Å²) < 4.78 is 13.1. The summed E-state index contributed by atoms with van der Waals surface area (Å²) in [6, 6.07) is 0. The van der Waals surface area contributed by atoms with E-state index in [1.807, 2.05) is 0 Å². The number of halogens is 1. The maximum Gasteiger partial charge on any atom is 0.383 e. The van der Waals surface area contributed by atoms with Gasteiger partial charge < -0.3 is 10.2 Å². The van der Waals surface area contributed by atoms with E-state index in [0.29, 0.717) is 18.4 Å². The standard InChI is InChI=1S/C31H53FO4/c1-4-7-10-13-16-19-22-25-26(23-20-17-14-11-8-5-2)28(31(35)36-32)30(34)29(33)27(25)24-21-18-15-12-9-6-3/h33-34H,4-24H2,1-3H3. The van der Waals surface area contributed by atoms with E-state index in [9.17, 15) is 19.5 Å². The van der Waals surface area contributed by atoms with Gasteiger partial charge in [-0.25, -0.2) is 9.74 Å². The molecule has 0 fully saturated rings. The molecule has 0 radical (unpaired) electrons. The van der Waals surface area contributed by atoms with Gasteiger partial charge in [0.1, 0.15) is 5.56 Å². The van der Waals surface area contributed by atoms with Crippen molar-refractivity contribution in [1.82, 2.24) is 0 Å². The zero-order chi connectivity index (χ0) is 26.6. The van der Waals surface area contributed by atoms with Gasteiger partial charge in [0, 0.05) is 10.1 Å². The van der Waals surface area contributed by atoms with Crippen molar-refractivity contribution in [1.29, 1.82) is 0 Å². The number of carbonyl (C=O) groups excluding carboxylic acids is 1. The molecule has 5 heteroatoms. The third-order valence-corrected chi connectivity index (χ3v) is 7.39.